The van der Waals surface area contributed by atoms with E-state index >= 15 is 0 Å². The molecule has 0 aliphatic heterocycles. The van der Waals surface area contributed by atoms with Crippen molar-refractivity contribution in [1.82, 2.24) is 19.9 Å². The maximum Gasteiger partial charge on any atom is 0.404 e. The van der Waals surface area contributed by atoms with Crippen molar-refractivity contribution in [1.29, 1.82) is 0 Å². The van der Waals surface area contributed by atoms with E-state index in [0.29, 0.717) is 10.7 Å². The van der Waals surface area contributed by atoms with Crippen molar-refractivity contribution in [3.8, 4) is 11.4 Å². The van der Waals surface area contributed by atoms with Gasteiger partial charge in [-0.1, -0.05) is 11.8 Å². The summed E-state index contributed by atoms with van der Waals surface area (Å²) in [5, 5.41) is 12.2. The number of amides is 2. The Kier molecular flexibility index (Phi) is 5.01. The second-order valence-electron chi connectivity index (χ2n) is 7.33. The van der Waals surface area contributed by atoms with Gasteiger partial charge in [0.2, 0.25) is 0 Å². The Balaban J connectivity index is 1.73. The molecule has 0 aromatic carbocycles. The number of nitrogens with one attached hydrogen (secondary N) is 1. The number of aryl methyl sites for hydroxylation is 1. The SMILES string of the molecule is CSc1ncc2c(n1)-c1c(c(C(N)=O)cn1[C@H]1CC[C@@H](NC(=O)O)CC1)CC2. The number of carboxylic acid groups (broad SMARTS) is 1. The van der Waals surface area contributed by atoms with Gasteiger partial charge in [0.1, 0.15) is 0 Å². The highest BCUT2D eigenvalue weighted by Gasteiger charge is 2.32. The summed E-state index contributed by atoms with van der Waals surface area (Å²) in [4.78, 5) is 32.1. The molecular weight excluding hydrogens is 378 g/mol. The number of nitrogens with zero attached hydrogens (tertiary/aromatic N) is 3. The lowest BCUT2D eigenvalue weighted by atomic mass is 9.89. The Bertz CT molecular complexity index is 934. The summed E-state index contributed by atoms with van der Waals surface area (Å²) in [6.45, 7) is 0. The van der Waals surface area contributed by atoms with Crippen molar-refractivity contribution in [2.75, 3.05) is 6.26 Å². The Hall–Kier alpha value is -2.55. The second kappa shape index (κ2) is 7.46. The Labute approximate surface area is 166 Å². The maximum absolute atomic E-state index is 12.1. The first-order valence-electron chi connectivity index (χ1n) is 9.41. The number of fused-ring (bicyclic) bond motifs is 3. The van der Waals surface area contributed by atoms with Gasteiger partial charge in [-0.05, 0) is 55.9 Å². The normalized spacial score (nSPS) is 20.9. The van der Waals surface area contributed by atoms with Crippen molar-refractivity contribution < 1.29 is 14.7 Å². The van der Waals surface area contributed by atoms with Crippen LogP contribution in [0.3, 0.4) is 0 Å². The highest BCUT2D eigenvalue weighted by molar-refractivity contribution is 7.98. The lowest BCUT2D eigenvalue weighted by molar-refractivity contribution is 0.0999. The number of aromatic nitrogens is 3. The van der Waals surface area contributed by atoms with Crippen molar-refractivity contribution >= 4 is 23.8 Å². The van der Waals surface area contributed by atoms with Crippen LogP contribution in [0.25, 0.3) is 11.4 Å². The number of carbonyl (C=O) groups is 2. The monoisotopic (exact) mass is 401 g/mol. The molecule has 1 saturated carbocycles. The van der Waals surface area contributed by atoms with E-state index in [1.165, 1.54) is 11.8 Å². The first-order valence-corrected chi connectivity index (χ1v) is 10.6. The van der Waals surface area contributed by atoms with Gasteiger partial charge in [-0.3, -0.25) is 4.79 Å². The molecule has 2 aliphatic rings. The largest absolute Gasteiger partial charge is 0.465 e. The van der Waals surface area contributed by atoms with Crippen LogP contribution in [0, 0.1) is 0 Å². The molecule has 0 bridgehead atoms. The molecule has 28 heavy (non-hydrogen) atoms. The van der Waals surface area contributed by atoms with Crippen molar-refractivity contribution in [2.24, 2.45) is 5.73 Å². The van der Waals surface area contributed by atoms with Crippen LogP contribution in [0.5, 0.6) is 0 Å². The maximum atomic E-state index is 12.1. The van der Waals surface area contributed by atoms with Gasteiger partial charge < -0.3 is 20.7 Å². The molecule has 0 atom stereocenters. The van der Waals surface area contributed by atoms with Crippen LogP contribution in [0.4, 0.5) is 4.79 Å². The van der Waals surface area contributed by atoms with Crippen LogP contribution in [0.1, 0.15) is 53.2 Å². The van der Waals surface area contributed by atoms with E-state index in [0.717, 1.165) is 61.0 Å². The van der Waals surface area contributed by atoms with Crippen LogP contribution in [0.15, 0.2) is 17.6 Å². The van der Waals surface area contributed by atoms with Crippen LogP contribution in [-0.4, -0.2) is 43.9 Å². The minimum atomic E-state index is -0.979. The molecule has 2 aromatic heterocycles. The third-order valence-electron chi connectivity index (χ3n) is 5.71. The van der Waals surface area contributed by atoms with Gasteiger partial charge >= 0.3 is 6.09 Å². The van der Waals surface area contributed by atoms with Crippen molar-refractivity contribution in [2.45, 2.75) is 55.8 Å². The number of thioether (sulfide) groups is 1. The quantitative estimate of drug-likeness (QED) is 0.534. The summed E-state index contributed by atoms with van der Waals surface area (Å²) in [5.74, 6) is -0.418. The van der Waals surface area contributed by atoms with Crippen molar-refractivity contribution in [3.05, 3.63) is 29.1 Å². The van der Waals surface area contributed by atoms with Crippen LogP contribution < -0.4 is 11.1 Å². The lowest BCUT2D eigenvalue weighted by Crippen LogP contribution is -2.37. The van der Waals surface area contributed by atoms with Gasteiger partial charge in [0.15, 0.2) is 5.16 Å². The number of carbonyl (C=O) groups excluding carboxylic acids is 1. The molecular formula is C19H23N5O3S. The number of nitrogens with two attached hydrogens (primary N) is 1. The van der Waals surface area contributed by atoms with E-state index in [9.17, 15) is 9.59 Å². The van der Waals surface area contributed by atoms with E-state index in [1.807, 2.05) is 18.6 Å². The van der Waals surface area contributed by atoms with Gasteiger partial charge in [-0.2, -0.15) is 0 Å². The molecule has 8 nitrogen and oxygen atoms in total. The summed E-state index contributed by atoms with van der Waals surface area (Å²) in [6, 6.07) is 0.167. The topological polar surface area (TPSA) is 123 Å². The van der Waals surface area contributed by atoms with E-state index < -0.39 is 12.0 Å². The molecule has 2 aromatic rings. The Morgan fingerprint density at radius 3 is 2.68 bits per heavy atom. The van der Waals surface area contributed by atoms with E-state index in [2.05, 4.69) is 14.9 Å². The zero-order valence-corrected chi connectivity index (χ0v) is 16.5. The number of rotatable bonds is 4. The Morgan fingerprint density at radius 1 is 1.29 bits per heavy atom. The molecule has 1 fully saturated rings. The zero-order chi connectivity index (χ0) is 19.8. The predicted octanol–water partition coefficient (Wildman–Crippen LogP) is 2.62. The summed E-state index contributed by atoms with van der Waals surface area (Å²) in [6.07, 6.45) is 9.45. The number of hydrogen-bond donors (Lipinski definition) is 3. The molecule has 2 heterocycles. The molecule has 0 unspecified atom stereocenters. The average molecular weight is 401 g/mol. The van der Waals surface area contributed by atoms with Crippen LogP contribution >= 0.6 is 11.8 Å². The molecule has 4 N–H and O–H groups in total. The molecule has 4 rings (SSSR count). The first kappa shape index (κ1) is 18.8. The fraction of sp³-hybridized carbons (Fsp3) is 0.474. The average Bonchev–Trinajstić information content (AvgIpc) is 3.08. The predicted molar refractivity (Wildman–Crippen MR) is 106 cm³/mol. The molecule has 2 amide bonds. The molecule has 0 saturated heterocycles. The van der Waals surface area contributed by atoms with Gasteiger partial charge in [0.05, 0.1) is 17.0 Å². The number of primary amides is 1. The molecule has 9 heteroatoms. The fourth-order valence-corrected chi connectivity index (χ4v) is 4.73. The zero-order valence-electron chi connectivity index (χ0n) is 15.6. The van der Waals surface area contributed by atoms with Gasteiger partial charge in [-0.15, -0.1) is 0 Å². The summed E-state index contributed by atoms with van der Waals surface area (Å²) in [7, 11) is 0. The smallest absolute Gasteiger partial charge is 0.404 e. The van der Waals surface area contributed by atoms with Gasteiger partial charge in [-0.25, -0.2) is 14.8 Å². The highest BCUT2D eigenvalue weighted by Crippen LogP contribution is 2.40. The van der Waals surface area contributed by atoms with Crippen LogP contribution in [-0.2, 0) is 12.8 Å². The summed E-state index contributed by atoms with van der Waals surface area (Å²) >= 11 is 1.49. The standard InChI is InChI=1S/C19H23N5O3S/c1-28-18-21-8-10-2-7-13-14(17(20)25)9-24(16(13)15(10)23-18)12-5-3-11(4-6-12)22-19(26)27/h8-9,11-12,22H,2-7H2,1H3,(H2,20,25)(H,26,27)/t11-,12+. The molecule has 0 spiro atoms. The molecule has 0 radical (unpaired) electrons. The second-order valence-corrected chi connectivity index (χ2v) is 8.10. The minimum Gasteiger partial charge on any atom is -0.465 e. The lowest BCUT2D eigenvalue weighted by Gasteiger charge is -2.31. The van der Waals surface area contributed by atoms with E-state index in [1.54, 1.807) is 0 Å². The third-order valence-corrected chi connectivity index (χ3v) is 6.28. The van der Waals surface area contributed by atoms with Gasteiger partial charge in [0, 0.05) is 24.5 Å². The third kappa shape index (κ3) is 3.34. The van der Waals surface area contributed by atoms with Gasteiger partial charge in [0.25, 0.3) is 5.91 Å². The highest BCUT2D eigenvalue weighted by atomic mass is 32.2. The summed E-state index contributed by atoms with van der Waals surface area (Å²) < 4.78 is 2.15. The van der Waals surface area contributed by atoms with E-state index in [4.69, 9.17) is 15.8 Å². The summed E-state index contributed by atoms with van der Waals surface area (Å²) in [5.41, 5.74) is 10.2. The van der Waals surface area contributed by atoms with Crippen LogP contribution in [0.2, 0.25) is 0 Å². The fourth-order valence-electron chi connectivity index (χ4n) is 4.39. The molecule has 148 valence electrons. The molecule has 2 aliphatic carbocycles. The Morgan fingerprint density at radius 2 is 2.04 bits per heavy atom. The number of hydrogen-bond acceptors (Lipinski definition) is 5. The first-order chi connectivity index (χ1) is 13.5. The van der Waals surface area contributed by atoms with Crippen molar-refractivity contribution in [3.63, 3.8) is 0 Å². The van der Waals surface area contributed by atoms with E-state index in [-0.39, 0.29) is 12.1 Å². The minimum absolute atomic E-state index is 0.0199.